The number of amides is 1. The molecule has 1 aliphatic rings. The van der Waals surface area contributed by atoms with Crippen LogP contribution in [0.4, 0.5) is 5.69 Å². The Bertz CT molecular complexity index is 1600. The van der Waals surface area contributed by atoms with E-state index in [1.165, 1.54) is 11.8 Å². The normalized spacial score (nSPS) is 18.5. The summed E-state index contributed by atoms with van der Waals surface area (Å²) in [5.74, 6) is 0.443. The molecule has 3 atom stereocenters. The predicted molar refractivity (Wildman–Crippen MR) is 159 cm³/mol. The molecule has 1 amide bonds. The minimum atomic E-state index is -0.615. The molecule has 2 N–H and O–H groups in total. The second-order valence-electron chi connectivity index (χ2n) is 9.81. The van der Waals surface area contributed by atoms with Crippen molar-refractivity contribution >= 4 is 23.4 Å². The number of aliphatic hydroxyl groups is 1. The average molecular weight is 580 g/mol. The van der Waals surface area contributed by atoms with E-state index in [2.05, 4.69) is 20.8 Å². The number of nitrogens with zero attached hydrogens (tertiary/aromatic N) is 4. The van der Waals surface area contributed by atoms with Crippen molar-refractivity contribution in [3.63, 3.8) is 0 Å². The fourth-order valence-corrected chi connectivity index (χ4v) is 5.61. The van der Waals surface area contributed by atoms with Gasteiger partial charge in [-0.3, -0.25) is 4.79 Å². The molecule has 0 saturated carbocycles. The summed E-state index contributed by atoms with van der Waals surface area (Å²) in [6.07, 6.45) is -0.352. The summed E-state index contributed by atoms with van der Waals surface area (Å²) in [6.45, 7) is -0.0138. The van der Waals surface area contributed by atoms with Crippen LogP contribution in [-0.2, 0) is 16.1 Å². The van der Waals surface area contributed by atoms with Crippen LogP contribution in [0.5, 0.6) is 0 Å². The topological polar surface area (TPSA) is 111 Å². The zero-order valence-corrected chi connectivity index (χ0v) is 23.4. The number of para-hydroxylation sites is 1. The van der Waals surface area contributed by atoms with Crippen LogP contribution < -0.4 is 5.32 Å². The third-order valence-corrected chi connectivity index (χ3v) is 7.98. The van der Waals surface area contributed by atoms with Crippen LogP contribution in [0.1, 0.15) is 45.9 Å². The van der Waals surface area contributed by atoms with Crippen molar-refractivity contribution < 1.29 is 19.4 Å². The quantitative estimate of drug-likeness (QED) is 0.213. The number of anilines is 1. The summed E-state index contributed by atoms with van der Waals surface area (Å²) in [7, 11) is 0. The first-order chi connectivity index (χ1) is 20.7. The van der Waals surface area contributed by atoms with Crippen LogP contribution in [-0.4, -0.2) is 43.1 Å². The fourth-order valence-electron chi connectivity index (χ4n) is 4.71. The van der Waals surface area contributed by atoms with Crippen molar-refractivity contribution in [3.05, 3.63) is 131 Å². The molecule has 6 rings (SSSR count). The highest BCUT2D eigenvalue weighted by Gasteiger charge is 2.32. The molecule has 10 heteroatoms. The van der Waals surface area contributed by atoms with Gasteiger partial charge < -0.3 is 19.9 Å². The second-order valence-corrected chi connectivity index (χ2v) is 10.8. The Morgan fingerprint density at radius 2 is 1.57 bits per heavy atom. The number of hydrogen-bond acceptors (Lipinski definition) is 8. The maximum Gasteiger partial charge on any atom is 0.255 e. The van der Waals surface area contributed by atoms with Gasteiger partial charge in [-0.2, -0.15) is 4.68 Å². The van der Waals surface area contributed by atoms with Crippen LogP contribution in [0.2, 0.25) is 0 Å². The van der Waals surface area contributed by atoms with Crippen LogP contribution in [0.25, 0.3) is 5.69 Å². The van der Waals surface area contributed by atoms with Crippen LogP contribution in [0, 0.1) is 0 Å². The van der Waals surface area contributed by atoms with Gasteiger partial charge in [0.05, 0.1) is 24.5 Å². The number of ether oxygens (including phenoxy) is 2. The molecule has 0 unspecified atom stereocenters. The number of rotatable bonds is 9. The minimum absolute atomic E-state index is 0.0138. The van der Waals surface area contributed by atoms with Gasteiger partial charge >= 0.3 is 0 Å². The molecule has 5 aromatic rings. The zero-order valence-electron chi connectivity index (χ0n) is 22.6. The lowest BCUT2D eigenvalue weighted by molar-refractivity contribution is -0.245. The van der Waals surface area contributed by atoms with Crippen LogP contribution >= 0.6 is 11.8 Å². The first-order valence-corrected chi connectivity index (χ1v) is 14.6. The average Bonchev–Trinajstić information content (AvgIpc) is 3.54. The number of thioether (sulfide) groups is 1. The second kappa shape index (κ2) is 13.1. The summed E-state index contributed by atoms with van der Waals surface area (Å²) >= 11 is 1.53. The Morgan fingerprint density at radius 1 is 0.881 bits per heavy atom. The first-order valence-electron chi connectivity index (χ1n) is 13.6. The zero-order chi connectivity index (χ0) is 28.7. The molecule has 0 bridgehead atoms. The summed E-state index contributed by atoms with van der Waals surface area (Å²) < 4.78 is 14.6. The number of tetrazole rings is 1. The molecule has 42 heavy (non-hydrogen) atoms. The highest BCUT2D eigenvalue weighted by molar-refractivity contribution is 7.99. The van der Waals surface area contributed by atoms with Crippen molar-refractivity contribution in [2.45, 2.75) is 36.7 Å². The van der Waals surface area contributed by atoms with Crippen molar-refractivity contribution in [1.82, 2.24) is 20.2 Å². The van der Waals surface area contributed by atoms with Gasteiger partial charge in [0.25, 0.3) is 5.91 Å². The van der Waals surface area contributed by atoms with Gasteiger partial charge in [-0.25, -0.2) is 0 Å². The predicted octanol–water partition coefficient (Wildman–Crippen LogP) is 5.74. The lowest BCUT2D eigenvalue weighted by Gasteiger charge is -2.36. The summed E-state index contributed by atoms with van der Waals surface area (Å²) in [6, 6.07) is 34.2. The Labute approximate surface area is 247 Å². The number of carbonyl (C=O) groups excluding carboxylic acids is 1. The summed E-state index contributed by atoms with van der Waals surface area (Å²) in [5, 5.41) is 25.3. The standard InChI is InChI=1S/C32H29N5O4S/c38-20-22-11-13-23(14-12-22)29-19-28(21-42-32-34-35-36-37(32)27-9-5-2-6-10-27)40-31(41-29)25-15-17-26(18-16-25)33-30(39)24-7-3-1-4-8-24/h1-18,28-29,31,38H,19-21H2,(H,33,39)/t28-,29+,31+/m1/s1. The molecule has 1 saturated heterocycles. The molecule has 0 radical (unpaired) electrons. The summed E-state index contributed by atoms with van der Waals surface area (Å²) in [5.41, 5.74) is 4.85. The molecule has 212 valence electrons. The molecular weight excluding hydrogens is 550 g/mol. The van der Waals surface area contributed by atoms with Crippen molar-refractivity contribution in [2.75, 3.05) is 11.1 Å². The number of benzene rings is 4. The van der Waals surface area contributed by atoms with Crippen molar-refractivity contribution in [2.24, 2.45) is 0 Å². The van der Waals surface area contributed by atoms with E-state index in [0.29, 0.717) is 28.6 Å². The number of aliphatic hydroxyl groups excluding tert-OH is 1. The molecule has 0 aliphatic carbocycles. The van der Waals surface area contributed by atoms with Gasteiger partial charge in [0.15, 0.2) is 6.29 Å². The molecule has 9 nitrogen and oxygen atoms in total. The van der Waals surface area contributed by atoms with Gasteiger partial charge in [-0.15, -0.1) is 5.10 Å². The number of nitrogens with one attached hydrogen (secondary N) is 1. The van der Waals surface area contributed by atoms with Crippen LogP contribution in [0.3, 0.4) is 0 Å². The van der Waals surface area contributed by atoms with Crippen LogP contribution in [0.15, 0.2) is 114 Å². The first kappa shape index (κ1) is 27.8. The van der Waals surface area contributed by atoms with Gasteiger partial charge in [-0.1, -0.05) is 84.6 Å². The number of aromatic nitrogens is 4. The highest BCUT2D eigenvalue weighted by atomic mass is 32.2. The third-order valence-electron chi connectivity index (χ3n) is 6.93. The van der Waals surface area contributed by atoms with Crippen molar-refractivity contribution in [3.8, 4) is 5.69 Å². The maximum atomic E-state index is 12.6. The van der Waals surface area contributed by atoms with Gasteiger partial charge in [0, 0.05) is 29.0 Å². The largest absolute Gasteiger partial charge is 0.392 e. The van der Waals surface area contributed by atoms with E-state index in [4.69, 9.17) is 9.47 Å². The smallest absolute Gasteiger partial charge is 0.255 e. The highest BCUT2D eigenvalue weighted by Crippen LogP contribution is 2.39. The number of carbonyl (C=O) groups is 1. The molecule has 1 aromatic heterocycles. The molecular formula is C32H29N5O4S. The Kier molecular flexibility index (Phi) is 8.67. The molecule has 0 spiro atoms. The van der Waals surface area contributed by atoms with E-state index >= 15 is 0 Å². The lowest BCUT2D eigenvalue weighted by Crippen LogP contribution is -2.31. The van der Waals surface area contributed by atoms with Gasteiger partial charge in [0.1, 0.15) is 0 Å². The van der Waals surface area contributed by atoms with E-state index in [0.717, 1.165) is 22.4 Å². The van der Waals surface area contributed by atoms with E-state index in [1.54, 1.807) is 16.8 Å². The molecule has 4 aromatic carbocycles. The maximum absolute atomic E-state index is 12.6. The Morgan fingerprint density at radius 3 is 2.29 bits per heavy atom. The van der Waals surface area contributed by atoms with E-state index in [9.17, 15) is 9.90 Å². The molecule has 2 heterocycles. The monoisotopic (exact) mass is 579 g/mol. The third kappa shape index (κ3) is 6.58. The Hall–Kier alpha value is -4.35. The minimum Gasteiger partial charge on any atom is -0.392 e. The molecule has 1 fully saturated rings. The van der Waals surface area contributed by atoms with E-state index in [1.807, 2.05) is 97.1 Å². The lowest BCUT2D eigenvalue weighted by atomic mass is 10.0. The van der Waals surface area contributed by atoms with E-state index in [-0.39, 0.29) is 24.7 Å². The fraction of sp³-hybridized carbons (Fsp3) is 0.188. The SMILES string of the molecule is O=C(Nc1ccc([C@H]2O[C@@H](CSc3nnnn3-c3ccccc3)C[C@@H](c3ccc(CO)cc3)O2)cc1)c1ccccc1. The summed E-state index contributed by atoms with van der Waals surface area (Å²) in [4.78, 5) is 12.6. The van der Waals surface area contributed by atoms with Gasteiger partial charge in [-0.05, 0) is 58.0 Å². The van der Waals surface area contributed by atoms with Gasteiger partial charge in [0.2, 0.25) is 5.16 Å². The Balaban J connectivity index is 1.18. The number of hydrogen-bond donors (Lipinski definition) is 2. The molecule has 1 aliphatic heterocycles. The van der Waals surface area contributed by atoms with Crippen molar-refractivity contribution in [1.29, 1.82) is 0 Å². The van der Waals surface area contributed by atoms with E-state index < -0.39 is 6.29 Å².